The van der Waals surface area contributed by atoms with E-state index in [9.17, 15) is 33.0 Å². The standard InChI is InChI=1S/C16H17BrN2O2.C15H10F3N3O2/c1-2-6-11-7-5-10-14(15(11)20)19(16(18)21)13-9-4-3-8-12(13)17;16-15(17,18)10-2-4-11(5-3-10)21(14(20)23)12-6-1-9(8-19)7-13(12)22/h3-5,7-10,20H,2,6H2,1H3,(H2,18,21);1-7,22H,(H2,20,23). The van der Waals surface area contributed by atoms with E-state index in [1.165, 1.54) is 17.0 Å². The normalized spacial score (nSPS) is 10.6. The molecule has 0 unspecified atom stereocenters. The number of carbonyl (C=O) groups excluding carboxylic acids is 2. The highest BCUT2D eigenvalue weighted by Crippen LogP contribution is 2.39. The van der Waals surface area contributed by atoms with Crippen molar-refractivity contribution in [2.24, 2.45) is 11.5 Å². The van der Waals surface area contributed by atoms with Gasteiger partial charge in [-0.3, -0.25) is 9.80 Å². The molecule has 228 valence electrons. The molecule has 0 radical (unpaired) electrons. The van der Waals surface area contributed by atoms with Crippen LogP contribution in [0.1, 0.15) is 30.0 Å². The number of amides is 4. The third kappa shape index (κ3) is 7.78. The van der Waals surface area contributed by atoms with Gasteiger partial charge in [0.25, 0.3) is 0 Å². The molecule has 44 heavy (non-hydrogen) atoms. The minimum atomic E-state index is -4.51. The zero-order chi connectivity index (χ0) is 32.6. The molecule has 0 heterocycles. The van der Waals surface area contributed by atoms with E-state index in [0.717, 1.165) is 58.1 Å². The van der Waals surface area contributed by atoms with Gasteiger partial charge in [-0.05, 0) is 88.6 Å². The summed E-state index contributed by atoms with van der Waals surface area (Å²) in [5.74, 6) is -0.309. The minimum absolute atomic E-state index is 0.0451. The van der Waals surface area contributed by atoms with Crippen molar-refractivity contribution in [1.82, 2.24) is 0 Å². The predicted molar refractivity (Wildman–Crippen MR) is 164 cm³/mol. The lowest BCUT2D eigenvalue weighted by atomic mass is 10.1. The molecule has 0 aromatic heterocycles. The summed E-state index contributed by atoms with van der Waals surface area (Å²) in [5, 5.41) is 29.1. The first-order valence-corrected chi connectivity index (χ1v) is 13.7. The van der Waals surface area contributed by atoms with Gasteiger partial charge in [0.15, 0.2) is 0 Å². The van der Waals surface area contributed by atoms with Gasteiger partial charge in [0.05, 0.1) is 39.9 Å². The molecule has 4 aromatic carbocycles. The number of rotatable bonds is 6. The number of phenolic OH excluding ortho intramolecular Hbond substituents is 2. The molecule has 4 aromatic rings. The van der Waals surface area contributed by atoms with Crippen molar-refractivity contribution in [1.29, 1.82) is 5.26 Å². The van der Waals surface area contributed by atoms with Crippen LogP contribution in [0.15, 0.2) is 89.4 Å². The van der Waals surface area contributed by atoms with Crippen LogP contribution in [0.3, 0.4) is 0 Å². The van der Waals surface area contributed by atoms with E-state index >= 15 is 0 Å². The molecule has 4 amide bonds. The lowest BCUT2D eigenvalue weighted by Gasteiger charge is -2.23. The summed E-state index contributed by atoms with van der Waals surface area (Å²) in [5.41, 5.74) is 11.8. The van der Waals surface area contributed by atoms with Crippen LogP contribution in [0.5, 0.6) is 11.5 Å². The van der Waals surface area contributed by atoms with Gasteiger partial charge in [0.2, 0.25) is 0 Å². The third-order valence-electron chi connectivity index (χ3n) is 6.19. The Morgan fingerprint density at radius 2 is 1.48 bits per heavy atom. The molecular formula is C31H27BrF3N5O4. The molecule has 0 atom stereocenters. The number of primary amides is 2. The fourth-order valence-electron chi connectivity index (χ4n) is 4.20. The average molecular weight is 670 g/mol. The maximum absolute atomic E-state index is 12.6. The zero-order valence-corrected chi connectivity index (χ0v) is 24.8. The number of nitriles is 1. The summed E-state index contributed by atoms with van der Waals surface area (Å²) in [6, 6.07) is 20.2. The summed E-state index contributed by atoms with van der Waals surface area (Å²) in [6.45, 7) is 2.03. The number of carbonyl (C=O) groups is 2. The second-order valence-corrected chi connectivity index (χ2v) is 10.0. The van der Waals surface area contributed by atoms with Crippen LogP contribution in [-0.2, 0) is 12.6 Å². The number of nitrogens with two attached hydrogens (primary N) is 2. The highest BCUT2D eigenvalue weighted by Gasteiger charge is 2.30. The lowest BCUT2D eigenvalue weighted by Crippen LogP contribution is -2.31. The molecule has 0 saturated carbocycles. The molecule has 6 N–H and O–H groups in total. The molecule has 13 heteroatoms. The first-order chi connectivity index (χ1) is 20.8. The van der Waals surface area contributed by atoms with Gasteiger partial charge in [-0.25, -0.2) is 9.59 Å². The Kier molecular flexibility index (Phi) is 10.8. The van der Waals surface area contributed by atoms with Gasteiger partial charge >= 0.3 is 18.2 Å². The van der Waals surface area contributed by atoms with E-state index in [1.807, 2.05) is 43.3 Å². The smallest absolute Gasteiger partial charge is 0.416 e. The van der Waals surface area contributed by atoms with Crippen LogP contribution >= 0.6 is 15.9 Å². The number of aryl methyl sites for hydroxylation is 1. The fraction of sp³-hybridized carbons (Fsp3) is 0.129. The van der Waals surface area contributed by atoms with Crippen molar-refractivity contribution >= 4 is 50.7 Å². The first kappa shape index (κ1) is 33.3. The minimum Gasteiger partial charge on any atom is -0.506 e. The van der Waals surface area contributed by atoms with Crippen molar-refractivity contribution < 1.29 is 33.0 Å². The topological polar surface area (TPSA) is 157 Å². The van der Waals surface area contributed by atoms with Gasteiger partial charge in [-0.1, -0.05) is 37.6 Å². The van der Waals surface area contributed by atoms with E-state index in [1.54, 1.807) is 12.1 Å². The van der Waals surface area contributed by atoms with E-state index in [-0.39, 0.29) is 22.7 Å². The van der Waals surface area contributed by atoms with E-state index in [2.05, 4.69) is 15.9 Å². The zero-order valence-electron chi connectivity index (χ0n) is 23.2. The highest BCUT2D eigenvalue weighted by atomic mass is 79.9. The largest absolute Gasteiger partial charge is 0.506 e. The molecule has 0 aliphatic rings. The molecule has 0 saturated heterocycles. The van der Waals surface area contributed by atoms with E-state index in [0.29, 0.717) is 11.4 Å². The maximum atomic E-state index is 12.6. The number of hydrogen-bond acceptors (Lipinski definition) is 5. The molecule has 4 rings (SSSR count). The maximum Gasteiger partial charge on any atom is 0.416 e. The van der Waals surface area contributed by atoms with Crippen LogP contribution in [0.4, 0.5) is 45.5 Å². The predicted octanol–water partition coefficient (Wildman–Crippen LogP) is 7.82. The molecule has 9 nitrogen and oxygen atoms in total. The van der Waals surface area contributed by atoms with E-state index in [4.69, 9.17) is 16.7 Å². The number of hydrogen-bond donors (Lipinski definition) is 4. The van der Waals surface area contributed by atoms with Crippen molar-refractivity contribution in [3.8, 4) is 17.6 Å². The summed E-state index contributed by atoms with van der Waals surface area (Å²) in [7, 11) is 0. The summed E-state index contributed by atoms with van der Waals surface area (Å²) in [6.07, 6.45) is -2.86. The first-order valence-electron chi connectivity index (χ1n) is 12.9. The number of para-hydroxylation sites is 2. The number of halogens is 4. The number of benzene rings is 4. The molecule has 0 fully saturated rings. The average Bonchev–Trinajstić information content (AvgIpc) is 2.97. The Balaban J connectivity index is 0.000000241. The monoisotopic (exact) mass is 669 g/mol. The molecule has 0 aliphatic heterocycles. The van der Waals surface area contributed by atoms with Crippen LogP contribution in [0.25, 0.3) is 0 Å². The van der Waals surface area contributed by atoms with Gasteiger partial charge in [-0.15, -0.1) is 0 Å². The second kappa shape index (κ2) is 14.3. The summed E-state index contributed by atoms with van der Waals surface area (Å²) in [4.78, 5) is 25.7. The van der Waals surface area contributed by atoms with Crippen LogP contribution in [0, 0.1) is 11.3 Å². The summed E-state index contributed by atoms with van der Waals surface area (Å²) < 4.78 is 38.4. The Morgan fingerprint density at radius 3 is 2.00 bits per heavy atom. The Labute approximate surface area is 259 Å². The van der Waals surface area contributed by atoms with Crippen molar-refractivity contribution in [3.05, 3.63) is 106 Å². The van der Waals surface area contributed by atoms with Crippen LogP contribution in [-0.4, -0.2) is 22.3 Å². The highest BCUT2D eigenvalue weighted by molar-refractivity contribution is 9.10. The van der Waals surface area contributed by atoms with Gasteiger partial charge < -0.3 is 21.7 Å². The Morgan fingerprint density at radius 1 is 0.864 bits per heavy atom. The van der Waals surface area contributed by atoms with E-state index < -0.39 is 29.6 Å². The summed E-state index contributed by atoms with van der Waals surface area (Å²) >= 11 is 3.41. The second-order valence-electron chi connectivity index (χ2n) is 9.19. The molecule has 0 bridgehead atoms. The number of nitrogens with zero attached hydrogens (tertiary/aromatic N) is 3. The quantitative estimate of drug-likeness (QED) is 0.165. The fourth-order valence-corrected chi connectivity index (χ4v) is 4.66. The van der Waals surface area contributed by atoms with Crippen LogP contribution in [0.2, 0.25) is 0 Å². The number of phenols is 2. The molecule has 0 spiro atoms. The lowest BCUT2D eigenvalue weighted by molar-refractivity contribution is -0.137. The molecule has 0 aliphatic carbocycles. The number of anilines is 4. The third-order valence-corrected chi connectivity index (χ3v) is 6.86. The van der Waals surface area contributed by atoms with Gasteiger partial charge in [0.1, 0.15) is 11.5 Å². The van der Waals surface area contributed by atoms with Gasteiger partial charge in [-0.2, -0.15) is 18.4 Å². The van der Waals surface area contributed by atoms with Crippen LogP contribution < -0.4 is 21.3 Å². The number of urea groups is 2. The number of aromatic hydroxyl groups is 2. The van der Waals surface area contributed by atoms with Crippen molar-refractivity contribution in [2.75, 3.05) is 9.80 Å². The SMILES string of the molecule is CCCc1cccc(N(C(N)=O)c2ccccc2Br)c1O.N#Cc1ccc(N(C(N)=O)c2ccc(C(F)(F)F)cc2)c(O)c1. The Bertz CT molecular complexity index is 1690. The van der Waals surface area contributed by atoms with Crippen molar-refractivity contribution in [2.45, 2.75) is 25.9 Å². The van der Waals surface area contributed by atoms with Gasteiger partial charge in [0, 0.05) is 4.47 Å². The van der Waals surface area contributed by atoms with Crippen molar-refractivity contribution in [3.63, 3.8) is 0 Å². The molecular weight excluding hydrogens is 643 g/mol. The Hall–Kier alpha value is -5.22. The number of alkyl halides is 3.